The van der Waals surface area contributed by atoms with Gasteiger partial charge >= 0.3 is 0 Å². The molecule has 1 amide bonds. The van der Waals surface area contributed by atoms with Crippen LogP contribution in [0.2, 0.25) is 0 Å². The number of pyridine rings is 1. The highest BCUT2D eigenvalue weighted by molar-refractivity contribution is 7.12. The molecular weight excluding hydrogens is 468 g/mol. The van der Waals surface area contributed by atoms with Crippen molar-refractivity contribution in [2.24, 2.45) is 5.92 Å². The lowest BCUT2D eigenvalue weighted by molar-refractivity contribution is -0.0232. The number of nitrogens with zero attached hydrogens (tertiary/aromatic N) is 2. The Kier molecular flexibility index (Phi) is 7.53. The van der Waals surface area contributed by atoms with Crippen LogP contribution in [0, 0.1) is 26.7 Å². The molecule has 5 nitrogen and oxygen atoms in total. The fraction of sp³-hybridized carbons (Fsp3) is 0.630. The molecule has 0 aromatic carbocycles. The molecule has 2 aliphatic heterocycles. The second kappa shape index (κ2) is 10.1. The van der Waals surface area contributed by atoms with Crippen LogP contribution in [0.25, 0.3) is 0 Å². The van der Waals surface area contributed by atoms with Crippen LogP contribution >= 0.6 is 11.3 Å². The van der Waals surface area contributed by atoms with Crippen molar-refractivity contribution >= 4 is 17.2 Å². The number of rotatable bonds is 7. The van der Waals surface area contributed by atoms with Crippen molar-refractivity contribution < 1.29 is 13.6 Å². The van der Waals surface area contributed by atoms with Gasteiger partial charge in [-0.15, -0.1) is 11.3 Å². The summed E-state index contributed by atoms with van der Waals surface area (Å²) in [6.45, 7) is 11.2. The largest absolute Gasteiger partial charge is 0.334 e. The molecule has 2 aromatic rings. The zero-order valence-corrected chi connectivity index (χ0v) is 22.3. The van der Waals surface area contributed by atoms with Crippen molar-refractivity contribution in [1.29, 1.82) is 0 Å². The number of carbonyl (C=O) groups excluding carboxylic acids is 1. The number of aryl methyl sites for hydroxylation is 2. The molecule has 2 aliphatic rings. The van der Waals surface area contributed by atoms with Gasteiger partial charge < -0.3 is 9.88 Å². The molecular formula is C27H37F2N3O2S. The van der Waals surface area contributed by atoms with Crippen LogP contribution in [-0.4, -0.2) is 52.8 Å². The number of amides is 1. The molecule has 0 radical (unpaired) electrons. The average molecular weight is 506 g/mol. The number of aromatic amines is 1. The van der Waals surface area contributed by atoms with Crippen molar-refractivity contribution in [3.05, 3.63) is 54.1 Å². The number of fused-ring (bicyclic) bond motifs is 1. The molecule has 1 N–H and O–H groups in total. The fourth-order valence-electron chi connectivity index (χ4n) is 5.96. The lowest BCUT2D eigenvalue weighted by Gasteiger charge is -2.36. The summed E-state index contributed by atoms with van der Waals surface area (Å²) in [6.07, 6.45) is 3.60. The van der Waals surface area contributed by atoms with E-state index in [0.717, 1.165) is 59.9 Å². The molecule has 4 rings (SSSR count). The maximum absolute atomic E-state index is 13.6. The van der Waals surface area contributed by atoms with Crippen LogP contribution in [0.3, 0.4) is 0 Å². The van der Waals surface area contributed by atoms with Crippen molar-refractivity contribution in [3.63, 3.8) is 0 Å². The molecule has 192 valence electrons. The van der Waals surface area contributed by atoms with Crippen molar-refractivity contribution in [2.45, 2.75) is 78.7 Å². The fourth-order valence-corrected chi connectivity index (χ4v) is 7.52. The van der Waals surface area contributed by atoms with Gasteiger partial charge in [-0.3, -0.25) is 14.5 Å². The second-order valence-electron chi connectivity index (χ2n) is 10.5. The van der Waals surface area contributed by atoms with Gasteiger partial charge in [-0.25, -0.2) is 8.78 Å². The average Bonchev–Trinajstić information content (AvgIpc) is 3.09. The van der Waals surface area contributed by atoms with E-state index in [-0.39, 0.29) is 18.0 Å². The number of piperidine rings is 1. The van der Waals surface area contributed by atoms with E-state index in [1.165, 1.54) is 4.88 Å². The summed E-state index contributed by atoms with van der Waals surface area (Å²) >= 11 is 1.77. The molecule has 1 saturated heterocycles. The van der Waals surface area contributed by atoms with Gasteiger partial charge in [0.1, 0.15) is 0 Å². The van der Waals surface area contributed by atoms with Gasteiger partial charge in [0.2, 0.25) is 0 Å². The zero-order chi connectivity index (χ0) is 25.5. The molecule has 1 fully saturated rings. The Bertz CT molecular complexity index is 1140. The summed E-state index contributed by atoms with van der Waals surface area (Å²) in [5, 5.41) is 0. The molecule has 1 atom stereocenters. The number of hydrogen-bond acceptors (Lipinski definition) is 4. The number of alkyl halides is 2. The monoisotopic (exact) mass is 505 g/mol. The van der Waals surface area contributed by atoms with E-state index in [2.05, 4.69) is 18.8 Å². The van der Waals surface area contributed by atoms with E-state index in [9.17, 15) is 18.4 Å². The van der Waals surface area contributed by atoms with E-state index in [1.54, 1.807) is 11.3 Å². The smallest absolute Gasteiger partial charge is 0.257 e. The zero-order valence-electron chi connectivity index (χ0n) is 21.5. The quantitative estimate of drug-likeness (QED) is 0.547. The number of aromatic nitrogens is 1. The molecule has 0 spiro atoms. The van der Waals surface area contributed by atoms with Crippen molar-refractivity contribution in [1.82, 2.24) is 14.8 Å². The van der Waals surface area contributed by atoms with Crippen LogP contribution in [0.4, 0.5) is 8.78 Å². The van der Waals surface area contributed by atoms with Gasteiger partial charge in [-0.05, 0) is 82.2 Å². The Hall–Kier alpha value is -2.06. The van der Waals surface area contributed by atoms with E-state index >= 15 is 0 Å². The number of hydrogen-bond donors (Lipinski definition) is 1. The van der Waals surface area contributed by atoms with Crippen LogP contribution in [0.1, 0.15) is 81.5 Å². The summed E-state index contributed by atoms with van der Waals surface area (Å²) in [5.41, 5.74) is 4.15. The van der Waals surface area contributed by atoms with E-state index in [0.29, 0.717) is 43.6 Å². The molecule has 0 bridgehead atoms. The summed E-state index contributed by atoms with van der Waals surface area (Å²) in [4.78, 5) is 35.1. The molecule has 2 aromatic heterocycles. The van der Waals surface area contributed by atoms with Crippen LogP contribution in [-0.2, 0) is 13.0 Å². The second-order valence-corrected chi connectivity index (χ2v) is 11.6. The van der Waals surface area contributed by atoms with Crippen molar-refractivity contribution in [3.8, 4) is 0 Å². The third kappa shape index (κ3) is 5.53. The number of likely N-dealkylation sites (tertiary alicyclic amines) is 1. The number of nitrogens with one attached hydrogen (secondary N) is 1. The summed E-state index contributed by atoms with van der Waals surface area (Å²) in [5.74, 6) is -1.85. The third-order valence-corrected chi connectivity index (χ3v) is 9.17. The van der Waals surface area contributed by atoms with E-state index < -0.39 is 5.92 Å². The lowest BCUT2D eigenvalue weighted by Crippen LogP contribution is -2.41. The number of H-pyrrole nitrogens is 1. The van der Waals surface area contributed by atoms with Crippen LogP contribution in [0.15, 0.2) is 10.9 Å². The topological polar surface area (TPSA) is 56.4 Å². The Morgan fingerprint density at radius 1 is 1.17 bits per heavy atom. The van der Waals surface area contributed by atoms with Crippen LogP contribution < -0.4 is 5.56 Å². The highest BCUT2D eigenvalue weighted by Gasteiger charge is 2.36. The minimum Gasteiger partial charge on any atom is -0.334 e. The first-order valence-electron chi connectivity index (χ1n) is 12.7. The first-order valence-corrected chi connectivity index (χ1v) is 13.5. The Labute approximate surface area is 210 Å². The number of thiophene rings is 1. The molecule has 0 aliphatic carbocycles. The van der Waals surface area contributed by atoms with E-state index in [1.807, 2.05) is 29.7 Å². The minimum atomic E-state index is -2.66. The molecule has 4 heterocycles. The Morgan fingerprint density at radius 2 is 1.86 bits per heavy atom. The van der Waals surface area contributed by atoms with Gasteiger partial charge in [0, 0.05) is 40.9 Å². The Balaban J connectivity index is 1.52. The minimum absolute atomic E-state index is 0.0143. The standard InChI is InChI=1S/C27H37F2N3O2S/c1-6-20(19-7-10-31(11-8-19)15-27(5,28)29)24-18(4)23-22(35-24)9-12-32(26(23)34)14-21-16(2)13-17(3)30-25(21)33/h13,19-20H,6-12,14-15H2,1-5H3,(H,30,33). The lowest BCUT2D eigenvalue weighted by atomic mass is 9.80. The van der Waals surface area contributed by atoms with E-state index in [4.69, 9.17) is 0 Å². The van der Waals surface area contributed by atoms with Crippen molar-refractivity contribution in [2.75, 3.05) is 26.2 Å². The van der Waals surface area contributed by atoms with Gasteiger partial charge in [-0.1, -0.05) is 6.92 Å². The predicted molar refractivity (Wildman–Crippen MR) is 137 cm³/mol. The van der Waals surface area contributed by atoms with Gasteiger partial charge in [0.05, 0.1) is 18.7 Å². The normalized spacial score (nSPS) is 18.7. The maximum Gasteiger partial charge on any atom is 0.257 e. The third-order valence-electron chi connectivity index (χ3n) is 7.69. The highest BCUT2D eigenvalue weighted by atomic mass is 32.1. The summed E-state index contributed by atoms with van der Waals surface area (Å²) < 4.78 is 26.9. The van der Waals surface area contributed by atoms with Gasteiger partial charge in [-0.2, -0.15) is 0 Å². The molecule has 8 heteroatoms. The number of carbonyl (C=O) groups is 1. The predicted octanol–water partition coefficient (Wildman–Crippen LogP) is 5.42. The summed E-state index contributed by atoms with van der Waals surface area (Å²) in [6, 6.07) is 1.95. The molecule has 35 heavy (non-hydrogen) atoms. The first-order chi connectivity index (χ1) is 16.5. The highest BCUT2D eigenvalue weighted by Crippen LogP contribution is 2.44. The number of halogens is 2. The first kappa shape index (κ1) is 26.0. The van der Waals surface area contributed by atoms with Crippen LogP contribution in [0.5, 0.6) is 0 Å². The summed E-state index contributed by atoms with van der Waals surface area (Å²) in [7, 11) is 0. The van der Waals surface area contributed by atoms with Gasteiger partial charge in [0.15, 0.2) is 0 Å². The molecule has 0 saturated carbocycles. The SMILES string of the molecule is CCC(c1sc2c(c1C)C(=O)N(Cc1c(C)cc(C)[nH]c1=O)CC2)C1CCN(CC(C)(F)F)CC1. The van der Waals surface area contributed by atoms with Gasteiger partial charge in [0.25, 0.3) is 17.4 Å². The molecule has 1 unspecified atom stereocenters. The Morgan fingerprint density at radius 3 is 2.46 bits per heavy atom. The maximum atomic E-state index is 13.6.